The third-order valence-corrected chi connectivity index (χ3v) is 5.01. The van der Waals surface area contributed by atoms with E-state index >= 15 is 0 Å². The molecule has 0 unspecified atom stereocenters. The summed E-state index contributed by atoms with van der Waals surface area (Å²) in [7, 11) is 0. The van der Waals surface area contributed by atoms with Crippen molar-refractivity contribution in [3.8, 4) is 0 Å². The minimum atomic E-state index is -0.858. The van der Waals surface area contributed by atoms with E-state index in [0.717, 1.165) is 38.5 Å². The molecule has 9 heteroatoms. The highest BCUT2D eigenvalue weighted by atomic mass is 16.6. The van der Waals surface area contributed by atoms with Gasteiger partial charge in [0.1, 0.15) is 24.8 Å². The molecule has 2 heterocycles. The van der Waals surface area contributed by atoms with E-state index in [1.165, 1.54) is 16.8 Å². The average Bonchev–Trinajstić information content (AvgIpc) is 3.07. The highest BCUT2D eigenvalue weighted by molar-refractivity contribution is 5.89. The van der Waals surface area contributed by atoms with Gasteiger partial charge in [0.05, 0.1) is 6.10 Å². The van der Waals surface area contributed by atoms with Gasteiger partial charge in [0.15, 0.2) is 0 Å². The number of aromatic nitrogens is 2. The predicted octanol–water partition coefficient (Wildman–Crippen LogP) is 2.53. The molecule has 168 valence electrons. The Balaban J connectivity index is 1.86. The third kappa shape index (κ3) is 7.53. The summed E-state index contributed by atoms with van der Waals surface area (Å²) in [6, 6.07) is 1.52. The van der Waals surface area contributed by atoms with Crippen molar-refractivity contribution in [3.05, 3.63) is 22.7 Å². The van der Waals surface area contributed by atoms with Gasteiger partial charge < -0.3 is 19.9 Å². The molecule has 0 bridgehead atoms. The van der Waals surface area contributed by atoms with Crippen molar-refractivity contribution in [1.82, 2.24) is 9.55 Å². The van der Waals surface area contributed by atoms with Gasteiger partial charge in [-0.1, -0.05) is 39.5 Å². The second-order valence-electron chi connectivity index (χ2n) is 7.58. The Morgan fingerprint density at radius 2 is 1.93 bits per heavy atom. The third-order valence-electron chi connectivity index (χ3n) is 5.01. The first-order chi connectivity index (χ1) is 14.4. The predicted molar refractivity (Wildman–Crippen MR) is 111 cm³/mol. The van der Waals surface area contributed by atoms with Gasteiger partial charge in [0, 0.05) is 25.5 Å². The number of hydrogen-bond acceptors (Lipinski definition) is 7. The van der Waals surface area contributed by atoms with Gasteiger partial charge >= 0.3 is 11.7 Å². The van der Waals surface area contributed by atoms with Crippen LogP contribution in [0.3, 0.4) is 0 Å². The molecule has 1 amide bonds. The van der Waals surface area contributed by atoms with E-state index in [0.29, 0.717) is 12.8 Å². The number of nitrogens with zero attached hydrogens (tertiary/aromatic N) is 2. The smallest absolute Gasteiger partial charge is 0.351 e. The lowest BCUT2D eigenvalue weighted by Gasteiger charge is -2.16. The maximum atomic E-state index is 12.3. The monoisotopic (exact) mass is 423 g/mol. The van der Waals surface area contributed by atoms with E-state index in [2.05, 4.69) is 24.1 Å². The quantitative estimate of drug-likeness (QED) is 0.391. The molecule has 1 aliphatic heterocycles. The molecule has 0 radical (unpaired) electrons. The molecule has 1 aromatic rings. The number of rotatable bonds is 12. The Morgan fingerprint density at radius 3 is 2.60 bits per heavy atom. The lowest BCUT2D eigenvalue weighted by atomic mass is 10.2. The van der Waals surface area contributed by atoms with E-state index in [1.807, 2.05) is 0 Å². The van der Waals surface area contributed by atoms with Gasteiger partial charge in [0.25, 0.3) is 0 Å². The van der Waals surface area contributed by atoms with E-state index in [-0.39, 0.29) is 30.7 Å². The lowest BCUT2D eigenvalue weighted by Crippen LogP contribution is -2.29. The van der Waals surface area contributed by atoms with E-state index in [4.69, 9.17) is 9.47 Å². The van der Waals surface area contributed by atoms with Gasteiger partial charge in [-0.05, 0) is 18.9 Å². The Hall–Kier alpha value is -2.26. The zero-order chi connectivity index (χ0) is 21.9. The molecular weight excluding hydrogens is 390 g/mol. The van der Waals surface area contributed by atoms with Gasteiger partial charge in [-0.2, -0.15) is 4.98 Å². The number of esters is 1. The number of hydrogen-bond donors (Lipinski definition) is 2. The summed E-state index contributed by atoms with van der Waals surface area (Å²) in [5, 5.41) is 12.8. The fraction of sp³-hybridized carbons (Fsp3) is 0.714. The fourth-order valence-corrected chi connectivity index (χ4v) is 3.24. The number of amides is 1. The van der Waals surface area contributed by atoms with Crippen molar-refractivity contribution in [3.63, 3.8) is 0 Å². The van der Waals surface area contributed by atoms with Crippen LogP contribution >= 0.6 is 0 Å². The van der Waals surface area contributed by atoms with Crippen molar-refractivity contribution >= 4 is 17.7 Å². The number of unbranched alkanes of at least 4 members (excludes halogenated alkanes) is 4. The molecule has 1 aliphatic rings. The van der Waals surface area contributed by atoms with Gasteiger partial charge in [-0.25, -0.2) is 4.79 Å². The largest absolute Gasteiger partial charge is 0.463 e. The molecule has 1 saturated heterocycles. The minimum Gasteiger partial charge on any atom is -0.463 e. The van der Waals surface area contributed by atoms with Crippen LogP contribution in [0.25, 0.3) is 0 Å². The molecule has 1 fully saturated rings. The van der Waals surface area contributed by atoms with Crippen molar-refractivity contribution < 1.29 is 24.2 Å². The number of ether oxygens (including phenoxy) is 2. The molecule has 0 aromatic carbocycles. The Bertz CT molecular complexity index is 751. The summed E-state index contributed by atoms with van der Waals surface area (Å²) in [5.41, 5.74) is -0.587. The van der Waals surface area contributed by atoms with E-state index in [9.17, 15) is 19.5 Å². The fourth-order valence-electron chi connectivity index (χ4n) is 3.24. The van der Waals surface area contributed by atoms with Crippen molar-refractivity contribution in [2.75, 3.05) is 11.9 Å². The maximum absolute atomic E-state index is 12.3. The van der Waals surface area contributed by atoms with Crippen LogP contribution in [0, 0.1) is 0 Å². The van der Waals surface area contributed by atoms with Crippen LogP contribution in [0.2, 0.25) is 0 Å². The second-order valence-corrected chi connectivity index (χ2v) is 7.58. The Labute approximate surface area is 176 Å². The molecule has 0 aliphatic carbocycles. The van der Waals surface area contributed by atoms with Crippen molar-refractivity contribution in [1.29, 1.82) is 0 Å². The first-order valence-corrected chi connectivity index (χ1v) is 10.8. The Morgan fingerprint density at radius 1 is 1.23 bits per heavy atom. The zero-order valence-corrected chi connectivity index (χ0v) is 17.8. The van der Waals surface area contributed by atoms with E-state index < -0.39 is 24.1 Å². The second kappa shape index (κ2) is 12.4. The van der Waals surface area contributed by atoms with E-state index in [1.54, 1.807) is 0 Å². The van der Waals surface area contributed by atoms with Crippen LogP contribution in [-0.2, 0) is 19.1 Å². The number of carbonyl (C=O) groups excluding carboxylic acids is 2. The van der Waals surface area contributed by atoms with Crippen LogP contribution in [0.5, 0.6) is 0 Å². The van der Waals surface area contributed by atoms with Gasteiger partial charge in [-0.15, -0.1) is 0 Å². The number of aliphatic hydroxyl groups excluding tert-OH is 1. The van der Waals surface area contributed by atoms with Crippen molar-refractivity contribution in [2.24, 2.45) is 0 Å². The van der Waals surface area contributed by atoms with Gasteiger partial charge in [0.2, 0.25) is 5.91 Å². The summed E-state index contributed by atoms with van der Waals surface area (Å²) in [4.78, 5) is 39.8. The summed E-state index contributed by atoms with van der Waals surface area (Å²) in [6.45, 7) is 4.05. The molecule has 2 N–H and O–H groups in total. The number of aliphatic hydroxyl groups is 1. The summed E-state index contributed by atoms with van der Waals surface area (Å²) in [6.07, 6.45) is 5.66. The Kier molecular flexibility index (Phi) is 9.96. The van der Waals surface area contributed by atoms with Crippen LogP contribution in [0.1, 0.15) is 77.9 Å². The lowest BCUT2D eigenvalue weighted by molar-refractivity contribution is -0.150. The van der Waals surface area contributed by atoms with Crippen LogP contribution < -0.4 is 11.0 Å². The topological polar surface area (TPSA) is 120 Å². The normalized spacial score (nSPS) is 20.8. The summed E-state index contributed by atoms with van der Waals surface area (Å²) >= 11 is 0. The first kappa shape index (κ1) is 24.0. The molecule has 30 heavy (non-hydrogen) atoms. The molecular formula is C21H33N3O6. The SMILES string of the molecule is CCCCCC(=O)Nc1ccn([C@H]2C[C@H](O)[C@@H](COC(=O)CCCCC)O2)c(=O)n1. The molecule has 2 rings (SSSR count). The average molecular weight is 424 g/mol. The van der Waals surface area contributed by atoms with Crippen LogP contribution in [-0.4, -0.2) is 45.3 Å². The summed E-state index contributed by atoms with van der Waals surface area (Å²) in [5.74, 6) is -0.309. The molecule has 3 atom stereocenters. The first-order valence-electron chi connectivity index (χ1n) is 10.8. The summed E-state index contributed by atoms with van der Waals surface area (Å²) < 4.78 is 12.2. The molecule has 1 aromatic heterocycles. The number of anilines is 1. The number of nitrogens with one attached hydrogen (secondary N) is 1. The minimum absolute atomic E-state index is 0.0588. The highest BCUT2D eigenvalue weighted by Gasteiger charge is 2.36. The molecule has 0 spiro atoms. The molecule has 0 saturated carbocycles. The molecule has 9 nitrogen and oxygen atoms in total. The highest BCUT2D eigenvalue weighted by Crippen LogP contribution is 2.28. The zero-order valence-electron chi connectivity index (χ0n) is 17.8. The van der Waals surface area contributed by atoms with Gasteiger partial charge in [-0.3, -0.25) is 14.2 Å². The number of carbonyl (C=O) groups is 2. The maximum Gasteiger partial charge on any atom is 0.351 e. The van der Waals surface area contributed by atoms with Crippen LogP contribution in [0.4, 0.5) is 5.82 Å². The standard InChI is InChI=1S/C21H33N3O6/c1-3-5-7-9-18(26)22-17-11-12-24(21(28)23-17)19-13-15(25)16(30-19)14-29-20(27)10-8-6-4-2/h11-12,15-16,19,25H,3-10,13-14H2,1-2H3,(H,22,23,26,28)/t15-,16+,19+/m0/s1. The van der Waals surface area contributed by atoms with Crippen LogP contribution in [0.15, 0.2) is 17.1 Å². The van der Waals surface area contributed by atoms with Crippen molar-refractivity contribution in [2.45, 2.75) is 90.1 Å².